The molecule has 1 aromatic carbocycles. The van der Waals surface area contributed by atoms with Crippen molar-refractivity contribution in [1.29, 1.82) is 0 Å². The van der Waals surface area contributed by atoms with E-state index in [1.165, 1.54) is 7.05 Å². The van der Waals surface area contributed by atoms with Crippen molar-refractivity contribution in [1.82, 2.24) is 35.4 Å². The Morgan fingerprint density at radius 3 is 2.70 bits per heavy atom. The van der Waals surface area contributed by atoms with E-state index in [0.29, 0.717) is 47.8 Å². The molecule has 1 spiro atoms. The van der Waals surface area contributed by atoms with Crippen molar-refractivity contribution in [3.63, 3.8) is 0 Å². The molecule has 1 unspecified atom stereocenters. The molecule has 0 bridgehead atoms. The fourth-order valence-corrected chi connectivity index (χ4v) is 7.91. The number of nitrogens with one attached hydrogen (secondary N) is 1. The summed E-state index contributed by atoms with van der Waals surface area (Å²) in [5.74, 6) is 4.22. The highest BCUT2D eigenvalue weighted by Gasteiger charge is 2.53. The van der Waals surface area contributed by atoms with Crippen LogP contribution in [-0.2, 0) is 21.4 Å². The fourth-order valence-electron chi connectivity index (χ4n) is 7.62. The number of carbonyl (C=O) groups excluding carboxylic acids is 2. The van der Waals surface area contributed by atoms with Gasteiger partial charge in [0.2, 0.25) is 11.8 Å². The van der Waals surface area contributed by atoms with Crippen molar-refractivity contribution in [2.45, 2.75) is 76.2 Å². The summed E-state index contributed by atoms with van der Waals surface area (Å²) in [4.78, 5) is 31.4. The maximum absolute atomic E-state index is 15.8. The van der Waals surface area contributed by atoms with Gasteiger partial charge < -0.3 is 25.3 Å². The average molecular weight is 666 g/mol. The fraction of sp³-hybridized carbons (Fsp3) is 0.633. The van der Waals surface area contributed by atoms with Gasteiger partial charge in [0.05, 0.1) is 17.7 Å². The van der Waals surface area contributed by atoms with E-state index in [1.54, 1.807) is 9.80 Å². The van der Waals surface area contributed by atoms with Gasteiger partial charge in [-0.15, -0.1) is 10.2 Å². The number of nitrogens with zero attached hydrogens (tertiary/aromatic N) is 6. The second-order valence-electron chi connectivity index (χ2n) is 13.4. The van der Waals surface area contributed by atoms with Crippen LogP contribution in [0.4, 0.5) is 13.2 Å². The molecule has 5 N–H and O–H groups in total. The molecule has 46 heavy (non-hydrogen) atoms. The molecule has 2 aromatic rings. The van der Waals surface area contributed by atoms with Crippen LogP contribution in [0, 0.1) is 17.2 Å². The van der Waals surface area contributed by atoms with Crippen LogP contribution in [0.2, 0.25) is 5.02 Å². The van der Waals surface area contributed by atoms with Gasteiger partial charge in [-0.25, -0.2) is 19.0 Å². The van der Waals surface area contributed by atoms with Gasteiger partial charge in [-0.1, -0.05) is 36.6 Å². The van der Waals surface area contributed by atoms with Gasteiger partial charge in [0.25, 0.3) is 6.43 Å². The molecule has 250 valence electrons. The number of ether oxygens (including phenoxy) is 1. The number of nitrogens with two attached hydrogens (primary N) is 2. The predicted molar refractivity (Wildman–Crippen MR) is 161 cm³/mol. The molecule has 2 amide bonds. The number of benzene rings is 1. The summed E-state index contributed by atoms with van der Waals surface area (Å²) < 4.78 is 49.1. The molecule has 2 saturated carbocycles. The number of halogens is 4. The molecule has 6 rings (SSSR count). The Hall–Kier alpha value is -3.59. The Morgan fingerprint density at radius 2 is 2.07 bits per heavy atom. The van der Waals surface area contributed by atoms with E-state index in [2.05, 4.69) is 20.6 Å². The van der Waals surface area contributed by atoms with Gasteiger partial charge in [-0.3, -0.25) is 9.59 Å². The zero-order valence-corrected chi connectivity index (χ0v) is 26.6. The van der Waals surface area contributed by atoms with E-state index in [4.69, 9.17) is 27.9 Å². The van der Waals surface area contributed by atoms with Crippen LogP contribution in [0.15, 0.2) is 17.5 Å². The highest BCUT2D eigenvalue weighted by molar-refractivity contribution is 6.31. The first-order valence-electron chi connectivity index (χ1n) is 15.6. The van der Waals surface area contributed by atoms with Crippen molar-refractivity contribution in [3.8, 4) is 5.75 Å². The zero-order chi connectivity index (χ0) is 33.0. The molecule has 3 heterocycles. The summed E-state index contributed by atoms with van der Waals surface area (Å²) in [5.41, 5.74) is 5.04. The molecular formula is C30H39ClF3N9O3. The number of aromatic nitrogens is 4. The predicted octanol–water partition coefficient (Wildman–Crippen LogP) is 3.20. The van der Waals surface area contributed by atoms with Gasteiger partial charge >= 0.3 is 0 Å². The number of H-pyrrole nitrogens is 1. The average Bonchev–Trinajstić information content (AvgIpc) is 3.37. The van der Waals surface area contributed by atoms with Crippen LogP contribution in [-0.4, -0.2) is 87.0 Å². The van der Waals surface area contributed by atoms with Gasteiger partial charge in [-0.2, -0.15) is 5.21 Å². The van der Waals surface area contributed by atoms with Crippen molar-refractivity contribution in [3.05, 3.63) is 45.3 Å². The van der Waals surface area contributed by atoms with E-state index in [0.717, 1.165) is 31.7 Å². The third-order valence-electron chi connectivity index (χ3n) is 10.3. The Bertz CT molecular complexity index is 1520. The van der Waals surface area contributed by atoms with Crippen LogP contribution in [0.3, 0.4) is 0 Å². The number of rotatable bonds is 9. The van der Waals surface area contributed by atoms with Crippen LogP contribution in [0.1, 0.15) is 74.9 Å². The number of likely N-dealkylation sites (tertiary alicyclic amines) is 1. The minimum atomic E-state index is -3.00. The first-order valence-corrected chi connectivity index (χ1v) is 15.9. The van der Waals surface area contributed by atoms with Gasteiger partial charge in [0.15, 0.2) is 17.4 Å². The maximum atomic E-state index is 15.8. The Morgan fingerprint density at radius 1 is 1.30 bits per heavy atom. The van der Waals surface area contributed by atoms with Gasteiger partial charge in [-0.05, 0) is 49.1 Å². The summed E-state index contributed by atoms with van der Waals surface area (Å²) in [5, 5.41) is 15.6. The number of allylic oxidation sites excluding steroid dienone is 1. The highest BCUT2D eigenvalue weighted by atomic mass is 35.5. The van der Waals surface area contributed by atoms with Crippen molar-refractivity contribution in [2.75, 3.05) is 33.3 Å². The summed E-state index contributed by atoms with van der Waals surface area (Å²) >= 11 is 6.61. The monoisotopic (exact) mass is 665 g/mol. The number of carbonyl (C=O) groups is 2. The summed E-state index contributed by atoms with van der Waals surface area (Å²) in [6.07, 6.45) is 2.60. The largest absolute Gasteiger partial charge is 0.484 e. The normalized spacial score (nSPS) is 26.0. The molecule has 2 aliphatic heterocycles. The maximum Gasteiger partial charge on any atom is 0.281 e. The minimum Gasteiger partial charge on any atom is -0.484 e. The number of tetrazole rings is 1. The van der Waals surface area contributed by atoms with Crippen LogP contribution in [0.25, 0.3) is 0 Å². The highest BCUT2D eigenvalue weighted by Crippen LogP contribution is 2.54. The topological polar surface area (TPSA) is 160 Å². The van der Waals surface area contributed by atoms with E-state index >= 15 is 4.39 Å². The number of fused-ring (bicyclic) bond motifs is 1. The molecule has 3 atom stereocenters. The smallest absolute Gasteiger partial charge is 0.281 e. The lowest BCUT2D eigenvalue weighted by Crippen LogP contribution is -2.52. The lowest BCUT2D eigenvalue weighted by molar-refractivity contribution is -0.144. The number of aromatic amines is 1. The second-order valence-corrected chi connectivity index (χ2v) is 13.8. The van der Waals surface area contributed by atoms with Gasteiger partial charge in [0, 0.05) is 49.1 Å². The quantitative estimate of drug-likeness (QED) is 0.270. The number of hydrazine groups is 1. The summed E-state index contributed by atoms with van der Waals surface area (Å²) in [7, 11) is 1.21. The van der Waals surface area contributed by atoms with Crippen LogP contribution in [0.5, 0.6) is 5.75 Å². The molecule has 12 nitrogen and oxygen atoms in total. The number of amides is 2. The number of alkyl halides is 2. The van der Waals surface area contributed by atoms with Crippen molar-refractivity contribution in [2.24, 2.45) is 22.9 Å². The number of hydrogen-bond donors (Lipinski definition) is 3. The van der Waals surface area contributed by atoms with Crippen LogP contribution >= 0.6 is 11.6 Å². The van der Waals surface area contributed by atoms with Crippen molar-refractivity contribution >= 4 is 23.4 Å². The SMILES string of the molecule is CN(N)/C(=C(\N)COc1c(F)cc(Cl)c2c1[C@@H](CN1CC3(CC3)CC1=O)N(C(=O)C1CCCC[C@]1(C)c1nn[nH]n1)CC2)C(F)F. The first-order chi connectivity index (χ1) is 21.8. The molecule has 1 aromatic heterocycles. The van der Waals surface area contributed by atoms with E-state index in [9.17, 15) is 18.4 Å². The Labute approximate surface area is 269 Å². The summed E-state index contributed by atoms with van der Waals surface area (Å²) in [6.45, 7) is 2.27. The third-order valence-corrected chi connectivity index (χ3v) is 10.7. The first kappa shape index (κ1) is 32.4. The number of hydrogen-bond acceptors (Lipinski definition) is 9. The molecule has 0 radical (unpaired) electrons. The Balaban J connectivity index is 1.41. The molecule has 2 aliphatic carbocycles. The van der Waals surface area contributed by atoms with E-state index in [-0.39, 0.29) is 53.2 Å². The molecule has 4 aliphatic rings. The minimum absolute atomic E-state index is 0.0315. The lowest BCUT2D eigenvalue weighted by Gasteiger charge is -2.45. The molecule has 1 saturated heterocycles. The molecule has 3 fully saturated rings. The summed E-state index contributed by atoms with van der Waals surface area (Å²) in [6, 6.07) is 0.285. The van der Waals surface area contributed by atoms with E-state index < -0.39 is 41.9 Å². The van der Waals surface area contributed by atoms with Crippen molar-refractivity contribution < 1.29 is 27.5 Å². The third kappa shape index (κ3) is 5.76. The van der Waals surface area contributed by atoms with Crippen LogP contribution < -0.4 is 16.3 Å². The second kappa shape index (κ2) is 12.2. The van der Waals surface area contributed by atoms with E-state index in [1.807, 2.05) is 6.92 Å². The zero-order valence-electron chi connectivity index (χ0n) is 25.9. The molecule has 16 heteroatoms. The lowest BCUT2D eigenvalue weighted by atomic mass is 9.66. The standard InChI is InChI=1S/C30H39ClF3N9O3/c1-29(28-37-39-40-38-28)7-4-3-5-17(29)27(45)43-10-6-16-18(31)11-19(32)25(46-14-20(35)24(26(33)34)41(2)36)23(16)21(43)13-42-15-30(8-9-30)12-22(42)44/h11,17,21,26H,3-10,12-15,35-36H2,1-2H3,(H,37,38,39,40)/b24-20-/t17?,21-,29+/m1/s1. The van der Waals surface area contributed by atoms with Gasteiger partial charge in [0.1, 0.15) is 12.3 Å². The molecular weight excluding hydrogens is 627 g/mol. The Kier molecular flexibility index (Phi) is 8.59.